The largest absolute Gasteiger partial charge is 0.483 e. The smallest absolute Gasteiger partial charge is 0.337 e. The van der Waals surface area contributed by atoms with E-state index in [2.05, 4.69) is 31.4 Å². The molecule has 0 aliphatic rings. The highest BCUT2D eigenvalue weighted by Crippen LogP contribution is 2.26. The lowest BCUT2D eigenvalue weighted by molar-refractivity contribution is -0.113. The second-order valence-electron chi connectivity index (χ2n) is 7.42. The van der Waals surface area contributed by atoms with Crippen LogP contribution in [0, 0.1) is 0 Å². The van der Waals surface area contributed by atoms with Gasteiger partial charge in [-0.15, -0.1) is 10.2 Å². The summed E-state index contributed by atoms with van der Waals surface area (Å²) in [5.41, 5.74) is 0.482. The topological polar surface area (TPSA) is 122 Å². The number of ether oxygens (including phenoxy) is 3. The molecule has 10 nitrogen and oxygen atoms in total. The van der Waals surface area contributed by atoms with Gasteiger partial charge in [0.15, 0.2) is 17.1 Å². The number of carbonyl (C=O) groups excluding carboxylic acids is 3. The van der Waals surface area contributed by atoms with E-state index in [0.29, 0.717) is 23.3 Å². The third-order valence-electron chi connectivity index (χ3n) is 4.94. The van der Waals surface area contributed by atoms with Gasteiger partial charge in [-0.1, -0.05) is 27.7 Å². The molecule has 0 saturated heterocycles. The van der Waals surface area contributed by atoms with Crippen molar-refractivity contribution < 1.29 is 28.6 Å². The van der Waals surface area contributed by atoms with Crippen molar-refractivity contribution in [3.8, 4) is 5.75 Å². The number of nitrogens with zero attached hydrogens (tertiary/aromatic N) is 3. The molecule has 0 fully saturated rings. The first-order chi connectivity index (χ1) is 17.2. The molecule has 0 aliphatic carbocycles. The molecule has 190 valence electrons. The predicted octanol–water partition coefficient (Wildman–Crippen LogP) is 4.50. The third kappa shape index (κ3) is 6.85. The molecule has 3 aromatic rings. The third-order valence-corrected chi connectivity index (χ3v) is 6.44. The fourth-order valence-electron chi connectivity index (χ4n) is 3.27. The fraction of sp³-hybridized carbons (Fsp3) is 0.292. The lowest BCUT2D eigenvalue weighted by Gasteiger charge is -2.15. The van der Waals surface area contributed by atoms with Gasteiger partial charge in [-0.05, 0) is 56.3 Å². The van der Waals surface area contributed by atoms with Gasteiger partial charge in [-0.25, -0.2) is 9.59 Å². The first-order valence-electron chi connectivity index (χ1n) is 10.8. The minimum Gasteiger partial charge on any atom is -0.483 e. The number of anilines is 1. The Bertz CT molecular complexity index is 1210. The maximum atomic E-state index is 12.6. The maximum absolute atomic E-state index is 12.6. The van der Waals surface area contributed by atoms with Crippen molar-refractivity contribution in [3.05, 3.63) is 63.9 Å². The van der Waals surface area contributed by atoms with Gasteiger partial charge in [-0.2, -0.15) is 0 Å². The van der Waals surface area contributed by atoms with Crippen LogP contribution in [0.5, 0.6) is 5.75 Å². The number of hydrogen-bond donors (Lipinski definition) is 1. The molecule has 0 radical (unpaired) electrons. The monoisotopic (exact) mass is 576 g/mol. The van der Waals surface area contributed by atoms with Gasteiger partial charge in [0.2, 0.25) is 5.91 Å². The Morgan fingerprint density at radius 2 is 1.64 bits per heavy atom. The Morgan fingerprint density at radius 3 is 2.19 bits per heavy atom. The Hall–Kier alpha value is -3.38. The molecular formula is C24H25BrN4O6S. The van der Waals surface area contributed by atoms with Crippen LogP contribution in [0.2, 0.25) is 0 Å². The maximum Gasteiger partial charge on any atom is 0.337 e. The Labute approximate surface area is 220 Å². The van der Waals surface area contributed by atoms with Gasteiger partial charge in [0.25, 0.3) is 0 Å². The quantitative estimate of drug-likeness (QED) is 0.274. The first-order valence-corrected chi connectivity index (χ1v) is 12.6. The van der Waals surface area contributed by atoms with Crippen LogP contribution < -0.4 is 10.1 Å². The Kier molecular flexibility index (Phi) is 9.48. The van der Waals surface area contributed by atoms with Crippen molar-refractivity contribution in [2.75, 3.05) is 25.3 Å². The van der Waals surface area contributed by atoms with Crippen LogP contribution in [0.15, 0.2) is 52.1 Å². The van der Waals surface area contributed by atoms with E-state index in [4.69, 9.17) is 14.2 Å². The minimum absolute atomic E-state index is 0.0239. The number of amides is 1. The molecule has 1 N–H and O–H groups in total. The lowest BCUT2D eigenvalue weighted by atomic mass is 10.1. The summed E-state index contributed by atoms with van der Waals surface area (Å²) >= 11 is 4.61. The molecule has 3 rings (SSSR count). The standard InChI is InChI=1S/C24H25BrN4O6S/c1-5-29-21(14(2)35-19-8-6-17(25)7-9-19)27-28-24(29)36-13-20(30)26-18-11-15(22(31)33-3)10-16(12-18)23(32)34-4/h6-12,14H,5,13H2,1-4H3,(H,26,30). The van der Waals surface area contributed by atoms with Gasteiger partial charge in [0.1, 0.15) is 5.75 Å². The van der Waals surface area contributed by atoms with Crippen LogP contribution >= 0.6 is 27.7 Å². The molecule has 0 bridgehead atoms. The molecular weight excluding hydrogens is 552 g/mol. The molecule has 0 aliphatic heterocycles. The van der Waals surface area contributed by atoms with Gasteiger partial charge >= 0.3 is 11.9 Å². The summed E-state index contributed by atoms with van der Waals surface area (Å²) in [5.74, 6) is -0.287. The number of benzene rings is 2. The number of aromatic nitrogens is 3. The molecule has 1 atom stereocenters. The molecule has 1 aromatic heterocycles. The number of methoxy groups -OCH3 is 2. The Balaban J connectivity index is 1.68. The van der Waals surface area contributed by atoms with Crippen LogP contribution in [0.4, 0.5) is 5.69 Å². The average molecular weight is 577 g/mol. The number of halogens is 1. The molecule has 36 heavy (non-hydrogen) atoms. The zero-order valence-corrected chi connectivity index (χ0v) is 22.5. The van der Waals surface area contributed by atoms with Crippen LogP contribution in [0.25, 0.3) is 0 Å². The predicted molar refractivity (Wildman–Crippen MR) is 137 cm³/mol. The van der Waals surface area contributed by atoms with Gasteiger partial charge in [0, 0.05) is 16.7 Å². The zero-order valence-electron chi connectivity index (χ0n) is 20.1. The summed E-state index contributed by atoms with van der Waals surface area (Å²) in [6.07, 6.45) is -0.361. The summed E-state index contributed by atoms with van der Waals surface area (Å²) < 4.78 is 18.3. The van der Waals surface area contributed by atoms with Crippen molar-refractivity contribution in [2.45, 2.75) is 31.7 Å². The lowest BCUT2D eigenvalue weighted by Crippen LogP contribution is -2.17. The first kappa shape index (κ1) is 27.2. The molecule has 0 spiro atoms. The highest BCUT2D eigenvalue weighted by Gasteiger charge is 2.20. The summed E-state index contributed by atoms with van der Waals surface area (Å²) in [6.45, 7) is 4.42. The summed E-state index contributed by atoms with van der Waals surface area (Å²) in [7, 11) is 2.45. The second kappa shape index (κ2) is 12.5. The number of rotatable bonds is 10. The molecule has 1 heterocycles. The van der Waals surface area contributed by atoms with Crippen LogP contribution in [0.1, 0.15) is 46.5 Å². The normalized spacial score (nSPS) is 11.5. The van der Waals surface area contributed by atoms with E-state index in [1.807, 2.05) is 42.7 Å². The van der Waals surface area contributed by atoms with E-state index in [9.17, 15) is 14.4 Å². The van der Waals surface area contributed by atoms with Crippen molar-refractivity contribution in [2.24, 2.45) is 0 Å². The van der Waals surface area contributed by atoms with Crippen molar-refractivity contribution in [1.82, 2.24) is 14.8 Å². The van der Waals surface area contributed by atoms with Crippen molar-refractivity contribution in [1.29, 1.82) is 0 Å². The Morgan fingerprint density at radius 1 is 1.03 bits per heavy atom. The summed E-state index contributed by atoms with van der Waals surface area (Å²) in [4.78, 5) is 36.6. The minimum atomic E-state index is -0.645. The zero-order chi connectivity index (χ0) is 26.2. The number of hydrogen-bond acceptors (Lipinski definition) is 9. The highest BCUT2D eigenvalue weighted by atomic mass is 79.9. The number of nitrogens with one attached hydrogen (secondary N) is 1. The molecule has 0 saturated carbocycles. The average Bonchev–Trinajstić information content (AvgIpc) is 3.30. The molecule has 1 unspecified atom stereocenters. The molecule has 12 heteroatoms. The SMILES string of the molecule is CCn1c(SCC(=O)Nc2cc(C(=O)OC)cc(C(=O)OC)c2)nnc1C(C)Oc1ccc(Br)cc1. The summed E-state index contributed by atoms with van der Waals surface area (Å²) in [6, 6.07) is 11.7. The van der Waals surface area contributed by atoms with E-state index < -0.39 is 11.9 Å². The molecule has 1 amide bonds. The van der Waals surface area contributed by atoms with Crippen LogP contribution in [-0.4, -0.2) is 52.6 Å². The molecule has 2 aromatic carbocycles. The van der Waals surface area contributed by atoms with Gasteiger partial charge in [0.05, 0.1) is 31.1 Å². The van der Waals surface area contributed by atoms with Crippen molar-refractivity contribution >= 4 is 51.2 Å². The van der Waals surface area contributed by atoms with Crippen molar-refractivity contribution in [3.63, 3.8) is 0 Å². The summed E-state index contributed by atoms with van der Waals surface area (Å²) in [5, 5.41) is 11.7. The number of thioether (sulfide) groups is 1. The highest BCUT2D eigenvalue weighted by molar-refractivity contribution is 9.10. The van der Waals surface area contributed by atoms with Crippen LogP contribution in [0.3, 0.4) is 0 Å². The number of carbonyl (C=O) groups is 3. The van der Waals surface area contributed by atoms with E-state index in [1.54, 1.807) is 0 Å². The van der Waals surface area contributed by atoms with Crippen LogP contribution in [-0.2, 0) is 20.8 Å². The second-order valence-corrected chi connectivity index (χ2v) is 9.28. The van der Waals surface area contributed by atoms with Gasteiger partial charge in [-0.3, -0.25) is 4.79 Å². The number of esters is 2. The van der Waals surface area contributed by atoms with E-state index in [1.165, 1.54) is 44.2 Å². The van der Waals surface area contributed by atoms with E-state index in [0.717, 1.165) is 4.47 Å². The van der Waals surface area contributed by atoms with E-state index >= 15 is 0 Å². The van der Waals surface area contributed by atoms with Gasteiger partial charge < -0.3 is 24.1 Å². The fourth-order valence-corrected chi connectivity index (χ4v) is 4.35. The van der Waals surface area contributed by atoms with E-state index in [-0.39, 0.29) is 34.6 Å².